The molecule has 35 heavy (non-hydrogen) atoms. The van der Waals surface area contributed by atoms with Crippen LogP contribution in [0.3, 0.4) is 0 Å². The number of aromatic amines is 1. The summed E-state index contributed by atoms with van der Waals surface area (Å²) in [5.41, 5.74) is 7.23. The van der Waals surface area contributed by atoms with Gasteiger partial charge in [-0.05, 0) is 60.7 Å². The van der Waals surface area contributed by atoms with Crippen molar-refractivity contribution >= 4 is 11.0 Å². The summed E-state index contributed by atoms with van der Waals surface area (Å²) >= 11 is 0. The molecule has 7 aromatic rings. The smallest absolute Gasteiger partial charge is 0.164 e. The maximum atomic E-state index is 4.99. The Balaban J connectivity index is 1.38. The number of aromatic nitrogens is 7. The van der Waals surface area contributed by atoms with Crippen molar-refractivity contribution in [1.82, 2.24) is 33.7 Å². The molecule has 0 fully saturated rings. The topological polar surface area (TPSA) is 76.2 Å². The molecule has 0 radical (unpaired) electrons. The second-order valence-electron chi connectivity index (χ2n) is 8.20. The zero-order chi connectivity index (χ0) is 23.2. The van der Waals surface area contributed by atoms with Crippen molar-refractivity contribution in [2.75, 3.05) is 0 Å². The lowest BCUT2D eigenvalue weighted by Gasteiger charge is -1.99. The van der Waals surface area contributed by atoms with Crippen LogP contribution in [0.5, 0.6) is 0 Å². The molecule has 1 N–H and O–H groups in total. The fourth-order valence-corrected chi connectivity index (χ4v) is 4.49. The van der Waals surface area contributed by atoms with Gasteiger partial charge in [-0.1, -0.05) is 24.3 Å². The van der Waals surface area contributed by atoms with Crippen molar-refractivity contribution in [3.05, 3.63) is 110 Å². The highest BCUT2D eigenvalue weighted by atomic mass is 15.1. The number of nitrogens with zero attached hydrogens (tertiary/aromatic N) is 6. The lowest BCUT2D eigenvalue weighted by atomic mass is 10.2. The number of fused-ring (bicyclic) bond motifs is 2. The van der Waals surface area contributed by atoms with Gasteiger partial charge in [-0.25, -0.2) is 9.97 Å². The van der Waals surface area contributed by atoms with Crippen LogP contribution in [-0.2, 0) is 0 Å². The summed E-state index contributed by atoms with van der Waals surface area (Å²) < 4.78 is 4.15. The van der Waals surface area contributed by atoms with E-state index in [0.29, 0.717) is 0 Å². The molecule has 166 valence electrons. The van der Waals surface area contributed by atoms with E-state index in [1.165, 1.54) is 0 Å². The number of hydrogen-bond acceptors (Lipinski definition) is 4. The van der Waals surface area contributed by atoms with Gasteiger partial charge >= 0.3 is 0 Å². The van der Waals surface area contributed by atoms with Crippen LogP contribution in [0.25, 0.3) is 56.8 Å². The number of imidazole rings is 2. The lowest BCUT2D eigenvalue weighted by molar-refractivity contribution is 1.13. The minimum Gasteiger partial charge on any atom is -0.352 e. The summed E-state index contributed by atoms with van der Waals surface area (Å²) in [6.07, 6.45) is 7.60. The van der Waals surface area contributed by atoms with Crippen LogP contribution in [0, 0.1) is 0 Å². The maximum Gasteiger partial charge on any atom is 0.164 e. The lowest BCUT2D eigenvalue weighted by Crippen LogP contribution is -1.90. The van der Waals surface area contributed by atoms with E-state index in [1.807, 2.05) is 73.1 Å². The third-order valence-corrected chi connectivity index (χ3v) is 6.08. The first-order valence-electron chi connectivity index (χ1n) is 11.3. The van der Waals surface area contributed by atoms with E-state index in [1.54, 1.807) is 12.4 Å². The van der Waals surface area contributed by atoms with Gasteiger partial charge in [0.25, 0.3) is 0 Å². The summed E-state index contributed by atoms with van der Waals surface area (Å²) in [5.74, 6) is 1.61. The third kappa shape index (κ3) is 3.13. The van der Waals surface area contributed by atoms with Gasteiger partial charge in [0.05, 0.1) is 22.4 Å². The molecule has 0 spiro atoms. The highest BCUT2D eigenvalue weighted by molar-refractivity contribution is 5.84. The van der Waals surface area contributed by atoms with Crippen LogP contribution in [0.4, 0.5) is 0 Å². The molecule has 0 saturated heterocycles. The van der Waals surface area contributed by atoms with Crippen molar-refractivity contribution in [2.24, 2.45) is 0 Å². The van der Waals surface area contributed by atoms with Crippen LogP contribution in [0.15, 0.2) is 110 Å². The molecular weight excluding hydrogens is 434 g/mol. The predicted molar refractivity (Wildman–Crippen MR) is 136 cm³/mol. The quantitative estimate of drug-likeness (QED) is 0.367. The molecule has 7 aromatic heterocycles. The number of H-pyrrole nitrogens is 1. The van der Waals surface area contributed by atoms with Crippen LogP contribution >= 0.6 is 0 Å². The van der Waals surface area contributed by atoms with Gasteiger partial charge in [0.2, 0.25) is 0 Å². The van der Waals surface area contributed by atoms with Crippen LogP contribution < -0.4 is 0 Å². The highest BCUT2D eigenvalue weighted by Crippen LogP contribution is 2.33. The summed E-state index contributed by atoms with van der Waals surface area (Å²) in [7, 11) is 0. The number of pyridine rings is 4. The third-order valence-electron chi connectivity index (χ3n) is 6.08. The van der Waals surface area contributed by atoms with Crippen LogP contribution in [0.1, 0.15) is 0 Å². The Bertz CT molecular complexity index is 1660. The van der Waals surface area contributed by atoms with Gasteiger partial charge in [-0.3, -0.25) is 18.8 Å². The molecule has 0 aliphatic carbocycles. The van der Waals surface area contributed by atoms with E-state index in [9.17, 15) is 0 Å². The van der Waals surface area contributed by atoms with Gasteiger partial charge in [0.1, 0.15) is 22.8 Å². The molecule has 7 rings (SSSR count). The Hall–Kier alpha value is -5.04. The number of nitrogens with one attached hydrogen (secondary N) is 1. The fraction of sp³-hybridized carbons (Fsp3) is 0. The summed E-state index contributed by atoms with van der Waals surface area (Å²) in [6, 6.07) is 28.0. The second kappa shape index (κ2) is 7.78. The van der Waals surface area contributed by atoms with Crippen molar-refractivity contribution in [3.63, 3.8) is 0 Å². The molecule has 0 bridgehead atoms. The normalized spacial score (nSPS) is 11.4. The van der Waals surface area contributed by atoms with Gasteiger partial charge < -0.3 is 4.98 Å². The fourth-order valence-electron chi connectivity index (χ4n) is 4.49. The molecule has 0 aliphatic heterocycles. The monoisotopic (exact) mass is 453 g/mol. The van der Waals surface area contributed by atoms with Gasteiger partial charge in [-0.15, -0.1) is 0 Å². The standard InChI is InChI=1S/C28H19N7/c1-5-15-29-21(9-1)27-32-25(23-11-3-7-17-34(23)27)19-13-14-20(31-19)26-24-12-4-8-18-35(24)28(33-26)22-10-2-6-16-30-22/h1-18,31H. The van der Waals surface area contributed by atoms with E-state index in [0.717, 1.165) is 56.8 Å². The minimum atomic E-state index is 0.803. The average molecular weight is 454 g/mol. The Labute approximate surface area is 200 Å². The molecule has 0 aliphatic rings. The maximum absolute atomic E-state index is 4.99. The Morgan fingerprint density at radius 3 is 1.46 bits per heavy atom. The van der Waals surface area contributed by atoms with Crippen molar-refractivity contribution in [2.45, 2.75) is 0 Å². The molecule has 7 nitrogen and oxygen atoms in total. The van der Waals surface area contributed by atoms with E-state index < -0.39 is 0 Å². The van der Waals surface area contributed by atoms with Gasteiger partial charge in [0, 0.05) is 24.8 Å². The van der Waals surface area contributed by atoms with Crippen LogP contribution in [0.2, 0.25) is 0 Å². The summed E-state index contributed by atoms with van der Waals surface area (Å²) in [4.78, 5) is 22.6. The van der Waals surface area contributed by atoms with Gasteiger partial charge in [0.15, 0.2) is 11.6 Å². The van der Waals surface area contributed by atoms with Crippen LogP contribution in [-0.4, -0.2) is 33.7 Å². The molecule has 0 saturated carbocycles. The Kier molecular flexibility index (Phi) is 4.32. The van der Waals surface area contributed by atoms with Crippen molar-refractivity contribution in [1.29, 1.82) is 0 Å². The number of hydrogen-bond donors (Lipinski definition) is 1. The highest BCUT2D eigenvalue weighted by Gasteiger charge is 2.19. The average Bonchev–Trinajstić information content (AvgIpc) is 3.65. The van der Waals surface area contributed by atoms with Gasteiger partial charge in [-0.2, -0.15) is 0 Å². The number of rotatable bonds is 4. The molecule has 7 heterocycles. The van der Waals surface area contributed by atoms with E-state index in [2.05, 4.69) is 48.0 Å². The van der Waals surface area contributed by atoms with Crippen molar-refractivity contribution < 1.29 is 0 Å². The first-order chi connectivity index (χ1) is 17.4. The molecule has 0 atom stereocenters. The van der Waals surface area contributed by atoms with Crippen molar-refractivity contribution in [3.8, 4) is 45.8 Å². The molecular formula is C28H19N7. The Morgan fingerprint density at radius 2 is 1.00 bits per heavy atom. The largest absolute Gasteiger partial charge is 0.352 e. The summed E-state index contributed by atoms with van der Waals surface area (Å²) in [5, 5.41) is 0. The first kappa shape index (κ1) is 19.4. The molecule has 0 aromatic carbocycles. The second-order valence-corrected chi connectivity index (χ2v) is 8.20. The predicted octanol–water partition coefficient (Wildman–Crippen LogP) is 5.77. The zero-order valence-electron chi connectivity index (χ0n) is 18.6. The zero-order valence-corrected chi connectivity index (χ0v) is 18.6. The minimum absolute atomic E-state index is 0.803. The van der Waals surface area contributed by atoms with E-state index in [4.69, 9.17) is 9.97 Å². The molecule has 0 amide bonds. The van der Waals surface area contributed by atoms with E-state index >= 15 is 0 Å². The van der Waals surface area contributed by atoms with E-state index in [-0.39, 0.29) is 0 Å². The molecule has 7 heteroatoms. The first-order valence-corrected chi connectivity index (χ1v) is 11.3. The molecule has 0 unspecified atom stereocenters. The summed E-state index contributed by atoms with van der Waals surface area (Å²) in [6.45, 7) is 0. The Morgan fingerprint density at radius 1 is 0.514 bits per heavy atom. The SMILES string of the molecule is c1ccc(-c2nc(-c3ccc(-c4nc(-c5ccccn5)n5ccccc45)[nH]3)c3ccccn23)nc1.